The molecule has 8 heteroatoms. The first kappa shape index (κ1) is 16.3. The minimum atomic E-state index is -1.32. The number of carboxylic acid groups (broad SMARTS) is 2. The van der Waals surface area contributed by atoms with E-state index in [1.54, 1.807) is 0 Å². The maximum Gasteiger partial charge on any atom is 0.326 e. The molecule has 108 valence electrons. The van der Waals surface area contributed by atoms with Crippen LogP contribution in [0.15, 0.2) is 18.2 Å². The van der Waals surface area contributed by atoms with Crippen molar-refractivity contribution >= 4 is 41.0 Å². The number of hydrogen-bond acceptors (Lipinski definition) is 3. The van der Waals surface area contributed by atoms with Crippen molar-refractivity contribution in [1.82, 2.24) is 5.32 Å². The Kier molecular flexibility index (Phi) is 5.79. The number of amides is 1. The van der Waals surface area contributed by atoms with E-state index in [9.17, 15) is 14.4 Å². The normalized spacial score (nSPS) is 11.7. The van der Waals surface area contributed by atoms with Gasteiger partial charge in [-0.2, -0.15) is 0 Å². The molecule has 3 N–H and O–H groups in total. The molecule has 1 atom stereocenters. The quantitative estimate of drug-likeness (QED) is 0.744. The van der Waals surface area contributed by atoms with Gasteiger partial charge >= 0.3 is 11.9 Å². The van der Waals surface area contributed by atoms with Gasteiger partial charge in [-0.15, -0.1) is 0 Å². The summed E-state index contributed by atoms with van der Waals surface area (Å²) < 4.78 is 0. The lowest BCUT2D eigenvalue weighted by atomic mass is 10.1. The minimum absolute atomic E-state index is 0.00837. The number of rotatable bonds is 6. The molecule has 0 spiro atoms. The summed E-state index contributed by atoms with van der Waals surface area (Å²) in [4.78, 5) is 33.3. The van der Waals surface area contributed by atoms with Crippen LogP contribution in [0.3, 0.4) is 0 Å². The van der Waals surface area contributed by atoms with Crippen LogP contribution in [0.1, 0.15) is 23.2 Å². The van der Waals surface area contributed by atoms with Gasteiger partial charge in [0.15, 0.2) is 0 Å². The summed E-state index contributed by atoms with van der Waals surface area (Å²) in [6.45, 7) is 0. The highest BCUT2D eigenvalue weighted by Gasteiger charge is 2.23. The first-order valence-corrected chi connectivity index (χ1v) is 6.28. The van der Waals surface area contributed by atoms with Gasteiger partial charge in [0.1, 0.15) is 6.04 Å². The number of nitrogens with one attached hydrogen (secondary N) is 1. The van der Waals surface area contributed by atoms with Crippen LogP contribution in [0, 0.1) is 0 Å². The predicted octanol–water partition coefficient (Wildman–Crippen LogP) is 2.04. The van der Waals surface area contributed by atoms with Crippen molar-refractivity contribution in [3.63, 3.8) is 0 Å². The van der Waals surface area contributed by atoms with Crippen LogP contribution in [0.5, 0.6) is 0 Å². The maximum atomic E-state index is 11.9. The Hall–Kier alpha value is -1.79. The molecule has 0 aliphatic heterocycles. The number of carbonyl (C=O) groups excluding carboxylic acids is 1. The second-order valence-corrected chi connectivity index (χ2v) is 4.68. The van der Waals surface area contributed by atoms with Gasteiger partial charge in [-0.3, -0.25) is 9.59 Å². The lowest BCUT2D eigenvalue weighted by Crippen LogP contribution is -2.41. The van der Waals surface area contributed by atoms with E-state index < -0.39 is 23.9 Å². The van der Waals surface area contributed by atoms with Crippen molar-refractivity contribution in [3.05, 3.63) is 33.8 Å². The highest BCUT2D eigenvalue weighted by atomic mass is 35.5. The van der Waals surface area contributed by atoms with E-state index in [2.05, 4.69) is 5.32 Å². The Balaban J connectivity index is 2.83. The standard InChI is InChI=1S/C12H11Cl2NO5/c13-7-3-1-2-6(10(7)14)11(18)15-8(12(19)20)4-5-9(16)17/h1-3,8H,4-5H2,(H,15,18)(H,16,17)(H,19,20). The van der Waals surface area contributed by atoms with E-state index in [4.69, 9.17) is 33.4 Å². The van der Waals surface area contributed by atoms with Crippen molar-refractivity contribution in [3.8, 4) is 0 Å². The van der Waals surface area contributed by atoms with E-state index in [1.807, 2.05) is 0 Å². The lowest BCUT2D eigenvalue weighted by molar-refractivity contribution is -0.140. The largest absolute Gasteiger partial charge is 0.481 e. The van der Waals surface area contributed by atoms with Gasteiger partial charge < -0.3 is 15.5 Å². The van der Waals surface area contributed by atoms with Crippen molar-refractivity contribution in [2.24, 2.45) is 0 Å². The molecule has 1 amide bonds. The summed E-state index contributed by atoms with van der Waals surface area (Å²) >= 11 is 11.6. The Bertz CT molecular complexity index is 547. The third kappa shape index (κ3) is 4.40. The second kappa shape index (κ2) is 7.12. The van der Waals surface area contributed by atoms with Gasteiger partial charge in [-0.1, -0.05) is 29.3 Å². The molecule has 0 aromatic heterocycles. The summed E-state index contributed by atoms with van der Waals surface area (Å²) in [5.41, 5.74) is 0.0285. The number of aliphatic carboxylic acids is 2. The molecule has 0 fully saturated rings. The number of carboxylic acids is 2. The van der Waals surface area contributed by atoms with E-state index in [1.165, 1.54) is 18.2 Å². The Labute approximate surface area is 124 Å². The second-order valence-electron chi connectivity index (χ2n) is 3.90. The Morgan fingerprint density at radius 2 is 1.85 bits per heavy atom. The fraction of sp³-hybridized carbons (Fsp3) is 0.250. The summed E-state index contributed by atoms with van der Waals surface area (Å²) in [6, 6.07) is 3.06. The van der Waals surface area contributed by atoms with Crippen LogP contribution >= 0.6 is 23.2 Å². The number of hydrogen-bond donors (Lipinski definition) is 3. The fourth-order valence-electron chi connectivity index (χ4n) is 1.44. The average molecular weight is 320 g/mol. The van der Waals surface area contributed by atoms with Gasteiger partial charge in [0.05, 0.1) is 15.6 Å². The van der Waals surface area contributed by atoms with E-state index in [0.29, 0.717) is 0 Å². The zero-order valence-electron chi connectivity index (χ0n) is 10.1. The molecular weight excluding hydrogens is 309 g/mol. The van der Waals surface area contributed by atoms with E-state index >= 15 is 0 Å². The zero-order chi connectivity index (χ0) is 15.3. The number of benzene rings is 1. The lowest BCUT2D eigenvalue weighted by Gasteiger charge is -2.14. The van der Waals surface area contributed by atoms with E-state index in [-0.39, 0.29) is 28.5 Å². The topological polar surface area (TPSA) is 104 Å². The van der Waals surface area contributed by atoms with Gasteiger partial charge in [-0.25, -0.2) is 4.79 Å². The Morgan fingerprint density at radius 1 is 1.20 bits per heavy atom. The van der Waals surface area contributed by atoms with Crippen molar-refractivity contribution in [1.29, 1.82) is 0 Å². The first-order valence-electron chi connectivity index (χ1n) is 5.52. The molecule has 0 saturated heterocycles. The molecule has 0 saturated carbocycles. The summed E-state index contributed by atoms with van der Waals surface area (Å²) in [5, 5.41) is 19.9. The van der Waals surface area contributed by atoms with Crippen LogP contribution in [0.4, 0.5) is 0 Å². The smallest absolute Gasteiger partial charge is 0.326 e. The Morgan fingerprint density at radius 3 is 2.40 bits per heavy atom. The minimum Gasteiger partial charge on any atom is -0.481 e. The number of carbonyl (C=O) groups is 3. The average Bonchev–Trinajstić information content (AvgIpc) is 2.36. The molecule has 1 aromatic rings. The van der Waals surface area contributed by atoms with Gasteiger partial charge in [0.2, 0.25) is 0 Å². The molecular formula is C12H11Cl2NO5. The van der Waals surface area contributed by atoms with Gasteiger partial charge in [0, 0.05) is 6.42 Å². The van der Waals surface area contributed by atoms with Crippen molar-refractivity contribution in [2.45, 2.75) is 18.9 Å². The van der Waals surface area contributed by atoms with Crippen LogP contribution in [-0.2, 0) is 9.59 Å². The molecule has 1 aromatic carbocycles. The third-order valence-corrected chi connectivity index (χ3v) is 3.27. The summed E-state index contributed by atoms with van der Waals surface area (Å²) in [7, 11) is 0. The molecule has 0 aliphatic carbocycles. The molecule has 0 heterocycles. The van der Waals surface area contributed by atoms with Crippen molar-refractivity contribution in [2.75, 3.05) is 0 Å². The van der Waals surface area contributed by atoms with Crippen LogP contribution in [0.25, 0.3) is 0 Å². The van der Waals surface area contributed by atoms with Crippen molar-refractivity contribution < 1.29 is 24.6 Å². The molecule has 0 radical (unpaired) electrons. The molecule has 20 heavy (non-hydrogen) atoms. The molecule has 1 unspecified atom stereocenters. The summed E-state index contributed by atoms with van der Waals surface area (Å²) in [6.07, 6.45) is -0.602. The molecule has 0 bridgehead atoms. The fourth-order valence-corrected chi connectivity index (χ4v) is 1.83. The monoisotopic (exact) mass is 319 g/mol. The van der Waals surface area contributed by atoms with Gasteiger partial charge in [0.25, 0.3) is 5.91 Å². The molecule has 1 rings (SSSR count). The van der Waals surface area contributed by atoms with Crippen LogP contribution in [0.2, 0.25) is 10.0 Å². The molecule has 6 nitrogen and oxygen atoms in total. The highest BCUT2D eigenvalue weighted by molar-refractivity contribution is 6.43. The van der Waals surface area contributed by atoms with Gasteiger partial charge in [-0.05, 0) is 18.6 Å². The maximum absolute atomic E-state index is 11.9. The van der Waals surface area contributed by atoms with Crippen LogP contribution < -0.4 is 5.32 Å². The predicted molar refractivity (Wildman–Crippen MR) is 72.2 cm³/mol. The summed E-state index contributed by atoms with van der Waals surface area (Å²) in [5.74, 6) is -3.20. The third-order valence-electron chi connectivity index (χ3n) is 2.45. The van der Waals surface area contributed by atoms with Crippen LogP contribution in [-0.4, -0.2) is 34.1 Å². The SMILES string of the molecule is O=C(O)CCC(NC(=O)c1cccc(Cl)c1Cl)C(=O)O. The number of halogens is 2. The zero-order valence-corrected chi connectivity index (χ0v) is 11.6. The van der Waals surface area contributed by atoms with E-state index in [0.717, 1.165) is 0 Å². The highest BCUT2D eigenvalue weighted by Crippen LogP contribution is 2.25. The molecule has 0 aliphatic rings. The first-order chi connectivity index (χ1) is 9.32.